The number of halogens is 1. The van der Waals surface area contributed by atoms with Crippen LogP contribution in [0.4, 0.5) is 11.4 Å². The maximum absolute atomic E-state index is 12.5. The normalized spacial score (nSPS) is 10.6. The second-order valence-corrected chi connectivity index (χ2v) is 7.72. The van der Waals surface area contributed by atoms with Crippen molar-refractivity contribution in [2.45, 2.75) is 13.7 Å². The standard InChI is InChI=1S/C23H21ClN6O3/c1-15-3-8-18(24)21(13-15)33-14-30-12-10-20(28-30)23(32)26-17-6-4-16(5-7-17)25-22(31)19-9-11-29(2)27-19/h3-13H,14H2,1-2H3,(H,25,31)(H,26,32). The molecule has 0 unspecified atom stereocenters. The summed E-state index contributed by atoms with van der Waals surface area (Å²) in [4.78, 5) is 24.7. The smallest absolute Gasteiger partial charge is 0.276 e. The van der Waals surface area contributed by atoms with Gasteiger partial charge in [-0.3, -0.25) is 14.3 Å². The summed E-state index contributed by atoms with van der Waals surface area (Å²) in [7, 11) is 1.74. The van der Waals surface area contributed by atoms with Crippen LogP contribution < -0.4 is 15.4 Å². The van der Waals surface area contributed by atoms with Crippen molar-refractivity contribution in [3.63, 3.8) is 0 Å². The van der Waals surface area contributed by atoms with Gasteiger partial charge in [-0.2, -0.15) is 10.2 Å². The summed E-state index contributed by atoms with van der Waals surface area (Å²) in [6, 6.07) is 15.5. The Labute approximate surface area is 194 Å². The Bertz CT molecular complexity index is 1300. The van der Waals surface area contributed by atoms with Crippen LogP contribution in [0.2, 0.25) is 5.02 Å². The van der Waals surface area contributed by atoms with Gasteiger partial charge in [-0.25, -0.2) is 4.68 Å². The monoisotopic (exact) mass is 464 g/mol. The third kappa shape index (κ3) is 5.58. The van der Waals surface area contributed by atoms with Gasteiger partial charge in [0.15, 0.2) is 18.1 Å². The molecule has 0 saturated carbocycles. The molecule has 0 aliphatic heterocycles. The van der Waals surface area contributed by atoms with Gasteiger partial charge in [-0.05, 0) is 61.0 Å². The highest BCUT2D eigenvalue weighted by Gasteiger charge is 2.12. The lowest BCUT2D eigenvalue weighted by molar-refractivity contribution is 0.101. The van der Waals surface area contributed by atoms with Crippen molar-refractivity contribution in [1.29, 1.82) is 0 Å². The minimum atomic E-state index is -0.368. The van der Waals surface area contributed by atoms with Crippen molar-refractivity contribution in [3.05, 3.63) is 89.0 Å². The lowest BCUT2D eigenvalue weighted by atomic mass is 10.2. The van der Waals surface area contributed by atoms with Crippen LogP contribution in [-0.2, 0) is 13.8 Å². The molecular weight excluding hydrogens is 444 g/mol. The fraction of sp³-hybridized carbons (Fsp3) is 0.130. The molecule has 9 nitrogen and oxygen atoms in total. The molecule has 33 heavy (non-hydrogen) atoms. The van der Waals surface area contributed by atoms with Crippen LogP contribution in [0.15, 0.2) is 67.0 Å². The molecule has 0 atom stereocenters. The highest BCUT2D eigenvalue weighted by Crippen LogP contribution is 2.25. The lowest BCUT2D eigenvalue weighted by Crippen LogP contribution is -2.15. The second kappa shape index (κ2) is 9.58. The zero-order valence-corrected chi connectivity index (χ0v) is 18.7. The second-order valence-electron chi connectivity index (χ2n) is 7.31. The van der Waals surface area contributed by atoms with E-state index in [2.05, 4.69) is 20.8 Å². The first-order valence-electron chi connectivity index (χ1n) is 10.0. The first kappa shape index (κ1) is 22.1. The molecule has 0 spiro atoms. The summed E-state index contributed by atoms with van der Waals surface area (Å²) >= 11 is 6.13. The Morgan fingerprint density at radius 3 is 2.12 bits per heavy atom. The van der Waals surface area contributed by atoms with Crippen LogP contribution in [0.1, 0.15) is 26.5 Å². The molecule has 4 aromatic rings. The van der Waals surface area contributed by atoms with Gasteiger partial charge < -0.3 is 15.4 Å². The Morgan fingerprint density at radius 2 is 1.52 bits per heavy atom. The highest BCUT2D eigenvalue weighted by molar-refractivity contribution is 6.32. The minimum absolute atomic E-state index is 0.112. The van der Waals surface area contributed by atoms with Crippen LogP contribution in [0.25, 0.3) is 0 Å². The van der Waals surface area contributed by atoms with E-state index in [1.54, 1.807) is 66.6 Å². The van der Waals surface area contributed by atoms with E-state index in [0.29, 0.717) is 27.8 Å². The van der Waals surface area contributed by atoms with Gasteiger partial charge in [-0.1, -0.05) is 17.7 Å². The molecular formula is C23H21ClN6O3. The maximum Gasteiger partial charge on any atom is 0.276 e. The third-order valence-electron chi connectivity index (χ3n) is 4.66. The van der Waals surface area contributed by atoms with Crippen molar-refractivity contribution in [3.8, 4) is 5.75 Å². The van der Waals surface area contributed by atoms with Gasteiger partial charge in [0.05, 0.1) is 5.02 Å². The van der Waals surface area contributed by atoms with Crippen LogP contribution in [0.3, 0.4) is 0 Å². The van der Waals surface area contributed by atoms with Gasteiger partial charge in [0.25, 0.3) is 11.8 Å². The third-order valence-corrected chi connectivity index (χ3v) is 4.97. The predicted octanol–water partition coefficient (Wildman–Crippen LogP) is 4.12. The number of aromatic nitrogens is 4. The topological polar surface area (TPSA) is 103 Å². The molecule has 2 aromatic heterocycles. The van der Waals surface area contributed by atoms with Crippen LogP contribution in [0.5, 0.6) is 5.75 Å². The Balaban J connectivity index is 1.32. The molecule has 0 fully saturated rings. The molecule has 0 bridgehead atoms. The lowest BCUT2D eigenvalue weighted by Gasteiger charge is -2.09. The van der Waals surface area contributed by atoms with E-state index in [1.807, 2.05) is 19.1 Å². The molecule has 10 heteroatoms. The Morgan fingerprint density at radius 1 is 0.909 bits per heavy atom. The molecule has 0 aliphatic carbocycles. The number of hydrogen-bond acceptors (Lipinski definition) is 5. The summed E-state index contributed by atoms with van der Waals surface area (Å²) in [5.41, 5.74) is 2.73. The van der Waals surface area contributed by atoms with Gasteiger partial charge in [0.1, 0.15) is 5.75 Å². The number of nitrogens with one attached hydrogen (secondary N) is 2. The highest BCUT2D eigenvalue weighted by atomic mass is 35.5. The van der Waals surface area contributed by atoms with Gasteiger partial charge in [0.2, 0.25) is 0 Å². The number of nitrogens with zero attached hydrogens (tertiary/aromatic N) is 4. The number of benzene rings is 2. The summed E-state index contributed by atoms with van der Waals surface area (Å²) in [5.74, 6) is -0.131. The van der Waals surface area contributed by atoms with Crippen molar-refractivity contribution >= 4 is 34.8 Å². The zero-order valence-electron chi connectivity index (χ0n) is 17.9. The Hall–Kier alpha value is -4.11. The van der Waals surface area contributed by atoms with E-state index in [1.165, 1.54) is 4.68 Å². The number of carbonyl (C=O) groups is 2. The van der Waals surface area contributed by atoms with E-state index < -0.39 is 0 Å². The average molecular weight is 465 g/mol. The van der Waals surface area contributed by atoms with E-state index in [9.17, 15) is 9.59 Å². The molecule has 2 heterocycles. The van der Waals surface area contributed by atoms with Gasteiger partial charge >= 0.3 is 0 Å². The summed E-state index contributed by atoms with van der Waals surface area (Å²) in [6.07, 6.45) is 3.34. The number of anilines is 2. The maximum atomic E-state index is 12.5. The predicted molar refractivity (Wildman–Crippen MR) is 125 cm³/mol. The molecule has 0 saturated heterocycles. The molecule has 2 amide bonds. The zero-order chi connectivity index (χ0) is 23.4. The number of hydrogen-bond donors (Lipinski definition) is 2. The quantitative estimate of drug-likeness (QED) is 0.428. The molecule has 168 valence electrons. The molecule has 0 aliphatic rings. The van der Waals surface area contributed by atoms with Crippen LogP contribution >= 0.6 is 11.6 Å². The fourth-order valence-electron chi connectivity index (χ4n) is 2.97. The van der Waals surface area contributed by atoms with E-state index >= 15 is 0 Å². The molecule has 2 aromatic carbocycles. The number of rotatable bonds is 7. The number of aryl methyl sites for hydroxylation is 2. The molecule has 4 rings (SSSR count). The van der Waals surface area contributed by atoms with Crippen molar-refractivity contribution < 1.29 is 14.3 Å². The van der Waals surface area contributed by atoms with Crippen LogP contribution in [-0.4, -0.2) is 31.4 Å². The van der Waals surface area contributed by atoms with E-state index in [0.717, 1.165) is 5.56 Å². The van der Waals surface area contributed by atoms with Gasteiger partial charge in [0, 0.05) is 30.8 Å². The first-order valence-corrected chi connectivity index (χ1v) is 10.4. The van der Waals surface area contributed by atoms with E-state index in [4.69, 9.17) is 16.3 Å². The minimum Gasteiger partial charge on any atom is -0.470 e. The number of ether oxygens (including phenoxy) is 1. The fourth-order valence-corrected chi connectivity index (χ4v) is 3.15. The SMILES string of the molecule is Cc1ccc(Cl)c(OCn2ccc(C(=O)Nc3ccc(NC(=O)c4ccn(C)n4)cc3)n2)c1. The van der Waals surface area contributed by atoms with Gasteiger partial charge in [-0.15, -0.1) is 0 Å². The van der Waals surface area contributed by atoms with Crippen molar-refractivity contribution in [2.24, 2.45) is 7.05 Å². The first-order chi connectivity index (χ1) is 15.9. The van der Waals surface area contributed by atoms with Crippen molar-refractivity contribution in [1.82, 2.24) is 19.6 Å². The number of carbonyl (C=O) groups excluding carboxylic acids is 2. The summed E-state index contributed by atoms with van der Waals surface area (Å²) in [6.45, 7) is 2.06. The molecule has 2 N–H and O–H groups in total. The molecule has 0 radical (unpaired) electrons. The van der Waals surface area contributed by atoms with E-state index in [-0.39, 0.29) is 24.2 Å². The summed E-state index contributed by atoms with van der Waals surface area (Å²) < 4.78 is 8.75. The Kier molecular flexibility index (Phi) is 6.41. The van der Waals surface area contributed by atoms with Crippen molar-refractivity contribution in [2.75, 3.05) is 10.6 Å². The van der Waals surface area contributed by atoms with Crippen LogP contribution in [0, 0.1) is 6.92 Å². The average Bonchev–Trinajstić information content (AvgIpc) is 3.45. The number of amides is 2. The summed E-state index contributed by atoms with van der Waals surface area (Å²) in [5, 5.41) is 14.3. The largest absolute Gasteiger partial charge is 0.470 e.